The minimum atomic E-state index is -0.0452. The number of hydrogen-bond acceptors (Lipinski definition) is 1. The summed E-state index contributed by atoms with van der Waals surface area (Å²) in [6.45, 7) is 7.50. The zero-order valence-electron chi connectivity index (χ0n) is 7.99. The van der Waals surface area contributed by atoms with Crippen LogP contribution in [-0.4, -0.2) is 5.78 Å². The van der Waals surface area contributed by atoms with Gasteiger partial charge in [-0.25, -0.2) is 0 Å². The van der Waals surface area contributed by atoms with E-state index in [0.29, 0.717) is 12.0 Å². The average molecular weight is 184 g/mol. The molecule has 1 heteroatoms. The van der Waals surface area contributed by atoms with Gasteiger partial charge in [0.2, 0.25) is 0 Å². The highest BCUT2D eigenvalue weighted by Gasteiger charge is 2.32. The van der Waals surface area contributed by atoms with Crippen LogP contribution in [0, 0.1) is 0 Å². The third-order valence-corrected chi connectivity index (χ3v) is 2.68. The number of allylic oxidation sites excluding steroid dienone is 2. The van der Waals surface area contributed by atoms with Crippen LogP contribution in [0.1, 0.15) is 23.5 Å². The topological polar surface area (TPSA) is 17.1 Å². The number of benzene rings is 1. The number of ketones is 1. The molecule has 1 aliphatic rings. The molecule has 1 aromatic carbocycles. The first-order valence-electron chi connectivity index (χ1n) is 4.69. The van der Waals surface area contributed by atoms with Crippen molar-refractivity contribution in [2.45, 2.75) is 12.3 Å². The van der Waals surface area contributed by atoms with Crippen LogP contribution in [0.25, 0.3) is 5.57 Å². The van der Waals surface area contributed by atoms with Crippen LogP contribution in [0.5, 0.6) is 0 Å². The quantitative estimate of drug-likeness (QED) is 0.510. The maximum absolute atomic E-state index is 11.8. The standard InChI is InChI=1S/C13H12O/c1-3-6-12-11-8-5-4-7-10(11)9(2)13(12)14/h3-5,7-8,12H,1-2,6H2. The lowest BCUT2D eigenvalue weighted by atomic mass is 9.97. The summed E-state index contributed by atoms with van der Waals surface area (Å²) < 4.78 is 0. The van der Waals surface area contributed by atoms with Gasteiger partial charge in [-0.15, -0.1) is 6.58 Å². The summed E-state index contributed by atoms with van der Waals surface area (Å²) in [6, 6.07) is 7.85. The number of carbonyl (C=O) groups excluding carboxylic acids is 1. The van der Waals surface area contributed by atoms with E-state index in [2.05, 4.69) is 13.2 Å². The van der Waals surface area contributed by atoms with Crippen molar-refractivity contribution in [1.82, 2.24) is 0 Å². The molecule has 0 aliphatic heterocycles. The minimum Gasteiger partial charge on any atom is -0.293 e. The first kappa shape index (κ1) is 8.95. The van der Waals surface area contributed by atoms with Gasteiger partial charge in [0.05, 0.1) is 5.92 Å². The highest BCUT2D eigenvalue weighted by Crippen LogP contribution is 2.38. The molecule has 0 fully saturated rings. The Labute approximate surface area is 83.8 Å². The second-order valence-corrected chi connectivity index (χ2v) is 3.51. The fraction of sp³-hybridized carbons (Fsp3) is 0.154. The third kappa shape index (κ3) is 1.13. The van der Waals surface area contributed by atoms with E-state index in [0.717, 1.165) is 11.1 Å². The van der Waals surface area contributed by atoms with Crippen molar-refractivity contribution in [1.29, 1.82) is 0 Å². The molecule has 0 saturated carbocycles. The predicted molar refractivity (Wildman–Crippen MR) is 58.0 cm³/mol. The lowest BCUT2D eigenvalue weighted by molar-refractivity contribution is -0.114. The van der Waals surface area contributed by atoms with E-state index in [1.54, 1.807) is 6.08 Å². The van der Waals surface area contributed by atoms with Gasteiger partial charge in [-0.05, 0) is 17.5 Å². The lowest BCUT2D eigenvalue weighted by Gasteiger charge is -2.05. The number of rotatable bonds is 2. The summed E-state index contributed by atoms with van der Waals surface area (Å²) in [7, 11) is 0. The predicted octanol–water partition coefficient (Wildman–Crippen LogP) is 2.94. The third-order valence-electron chi connectivity index (χ3n) is 2.68. The zero-order valence-corrected chi connectivity index (χ0v) is 7.99. The van der Waals surface area contributed by atoms with Gasteiger partial charge in [0.25, 0.3) is 0 Å². The van der Waals surface area contributed by atoms with Crippen molar-refractivity contribution >= 4 is 11.4 Å². The molecule has 0 bridgehead atoms. The number of carbonyl (C=O) groups is 1. The Kier molecular flexibility index (Phi) is 2.08. The molecule has 0 saturated heterocycles. The Morgan fingerprint density at radius 1 is 1.36 bits per heavy atom. The maximum Gasteiger partial charge on any atom is 0.170 e. The Balaban J connectivity index is 2.52. The van der Waals surface area contributed by atoms with Gasteiger partial charge in [-0.2, -0.15) is 0 Å². The summed E-state index contributed by atoms with van der Waals surface area (Å²) in [5.41, 5.74) is 2.75. The van der Waals surface area contributed by atoms with Gasteiger partial charge in [0.15, 0.2) is 5.78 Å². The molecule has 2 rings (SSSR count). The summed E-state index contributed by atoms with van der Waals surface area (Å²) in [6.07, 6.45) is 2.49. The van der Waals surface area contributed by atoms with E-state index in [1.807, 2.05) is 24.3 Å². The Hall–Kier alpha value is -1.63. The molecule has 0 N–H and O–H groups in total. The van der Waals surface area contributed by atoms with Gasteiger partial charge < -0.3 is 0 Å². The molecule has 1 unspecified atom stereocenters. The Bertz CT molecular complexity index is 415. The van der Waals surface area contributed by atoms with E-state index < -0.39 is 0 Å². The maximum atomic E-state index is 11.8. The van der Waals surface area contributed by atoms with Crippen LogP contribution in [0.2, 0.25) is 0 Å². The summed E-state index contributed by atoms with van der Waals surface area (Å²) in [5.74, 6) is 0.0994. The van der Waals surface area contributed by atoms with Crippen molar-refractivity contribution in [3.05, 3.63) is 54.6 Å². The summed E-state index contributed by atoms with van der Waals surface area (Å²) in [4.78, 5) is 11.8. The molecule has 0 spiro atoms. The fourth-order valence-corrected chi connectivity index (χ4v) is 1.96. The molecule has 1 aliphatic carbocycles. The molecule has 0 amide bonds. The Morgan fingerprint density at radius 3 is 2.79 bits per heavy atom. The minimum absolute atomic E-state index is 0.0452. The molecule has 1 atom stereocenters. The second kappa shape index (κ2) is 3.26. The molecule has 1 aromatic rings. The average Bonchev–Trinajstić information content (AvgIpc) is 2.45. The number of Topliss-reactive ketones (excluding diaryl/α,β-unsaturated/α-hetero) is 1. The number of hydrogen-bond donors (Lipinski definition) is 0. The van der Waals surface area contributed by atoms with Gasteiger partial charge in [-0.1, -0.05) is 36.9 Å². The van der Waals surface area contributed by atoms with Crippen molar-refractivity contribution in [2.75, 3.05) is 0 Å². The molecule has 0 heterocycles. The van der Waals surface area contributed by atoms with E-state index in [9.17, 15) is 4.79 Å². The van der Waals surface area contributed by atoms with Gasteiger partial charge in [0.1, 0.15) is 0 Å². The highest BCUT2D eigenvalue weighted by atomic mass is 16.1. The Morgan fingerprint density at radius 2 is 2.07 bits per heavy atom. The molecule has 70 valence electrons. The monoisotopic (exact) mass is 184 g/mol. The van der Waals surface area contributed by atoms with Crippen molar-refractivity contribution in [3.8, 4) is 0 Å². The van der Waals surface area contributed by atoms with Gasteiger partial charge in [-0.3, -0.25) is 4.79 Å². The molecular formula is C13H12O. The van der Waals surface area contributed by atoms with Gasteiger partial charge in [0, 0.05) is 5.57 Å². The highest BCUT2D eigenvalue weighted by molar-refractivity contribution is 6.27. The molecule has 14 heavy (non-hydrogen) atoms. The summed E-state index contributed by atoms with van der Waals surface area (Å²) >= 11 is 0. The number of fused-ring (bicyclic) bond motifs is 1. The lowest BCUT2D eigenvalue weighted by Crippen LogP contribution is -2.03. The molecule has 0 aromatic heterocycles. The SMILES string of the molecule is C=CCC1C(=O)C(=C)c2ccccc21. The van der Waals surface area contributed by atoms with E-state index in [4.69, 9.17) is 0 Å². The van der Waals surface area contributed by atoms with Crippen LogP contribution < -0.4 is 0 Å². The van der Waals surface area contributed by atoms with E-state index in [-0.39, 0.29) is 11.7 Å². The van der Waals surface area contributed by atoms with Crippen LogP contribution in [-0.2, 0) is 4.79 Å². The molecule has 1 nitrogen and oxygen atoms in total. The molecule has 0 radical (unpaired) electrons. The second-order valence-electron chi connectivity index (χ2n) is 3.51. The van der Waals surface area contributed by atoms with Crippen molar-refractivity contribution in [2.24, 2.45) is 0 Å². The van der Waals surface area contributed by atoms with Crippen LogP contribution in [0.15, 0.2) is 43.5 Å². The van der Waals surface area contributed by atoms with E-state index in [1.165, 1.54) is 0 Å². The molecular weight excluding hydrogens is 172 g/mol. The van der Waals surface area contributed by atoms with Gasteiger partial charge >= 0.3 is 0 Å². The summed E-state index contributed by atoms with van der Waals surface area (Å²) in [5, 5.41) is 0. The van der Waals surface area contributed by atoms with Crippen molar-refractivity contribution < 1.29 is 4.79 Å². The van der Waals surface area contributed by atoms with Crippen LogP contribution in [0.3, 0.4) is 0 Å². The largest absolute Gasteiger partial charge is 0.293 e. The van der Waals surface area contributed by atoms with Crippen LogP contribution >= 0.6 is 0 Å². The fourth-order valence-electron chi connectivity index (χ4n) is 1.96. The van der Waals surface area contributed by atoms with Crippen molar-refractivity contribution in [3.63, 3.8) is 0 Å². The first-order chi connectivity index (χ1) is 6.75. The first-order valence-corrected chi connectivity index (χ1v) is 4.69. The smallest absolute Gasteiger partial charge is 0.170 e. The van der Waals surface area contributed by atoms with Crippen LogP contribution in [0.4, 0.5) is 0 Å². The zero-order chi connectivity index (χ0) is 10.1. The normalized spacial score (nSPS) is 19.6. The van der Waals surface area contributed by atoms with E-state index >= 15 is 0 Å².